The molecule has 0 aliphatic rings. The fourth-order valence-electron chi connectivity index (χ4n) is 2.32. The Morgan fingerprint density at radius 2 is 2.08 bits per heavy atom. The number of imidazole rings is 1. The lowest BCUT2D eigenvalue weighted by Gasteiger charge is -2.15. The number of aromatic nitrogens is 2. The first-order chi connectivity index (χ1) is 12.0. The highest BCUT2D eigenvalue weighted by molar-refractivity contribution is 5.79. The smallest absolute Gasteiger partial charge is 0.319 e. The Balaban J connectivity index is 1.96. The van der Waals surface area contributed by atoms with Gasteiger partial charge in [0.25, 0.3) is 0 Å². The first-order valence-electron chi connectivity index (χ1n) is 8.01. The van der Waals surface area contributed by atoms with Gasteiger partial charge >= 0.3 is 6.55 Å². The van der Waals surface area contributed by atoms with Gasteiger partial charge in [-0.15, -0.1) is 0 Å². The van der Waals surface area contributed by atoms with Crippen LogP contribution in [-0.4, -0.2) is 29.2 Å². The first kappa shape index (κ1) is 18.7. The number of nitrogens with zero attached hydrogens (tertiary/aromatic N) is 3. The van der Waals surface area contributed by atoms with Crippen LogP contribution in [0, 0.1) is 6.92 Å². The van der Waals surface area contributed by atoms with E-state index in [1.54, 1.807) is 7.05 Å². The van der Waals surface area contributed by atoms with Crippen LogP contribution in [0.3, 0.4) is 0 Å². The Labute approximate surface area is 145 Å². The number of halogens is 2. The van der Waals surface area contributed by atoms with Gasteiger partial charge in [0.2, 0.25) is 0 Å². The summed E-state index contributed by atoms with van der Waals surface area (Å²) in [6.07, 6.45) is 2.60. The summed E-state index contributed by atoms with van der Waals surface area (Å²) in [5, 5.41) is 6.13. The average Bonchev–Trinajstić information content (AvgIpc) is 3.05. The van der Waals surface area contributed by atoms with E-state index in [2.05, 4.69) is 20.6 Å². The monoisotopic (exact) mass is 351 g/mol. The van der Waals surface area contributed by atoms with E-state index in [4.69, 9.17) is 4.74 Å². The number of rotatable bonds is 7. The maximum Gasteiger partial charge on any atom is 0.319 e. The molecule has 0 unspecified atom stereocenters. The summed E-state index contributed by atoms with van der Waals surface area (Å²) in [5.74, 6) is 1.55. The fraction of sp³-hybridized carbons (Fsp3) is 0.412. The Hall–Kier alpha value is -2.64. The normalized spacial score (nSPS) is 11.7. The zero-order chi connectivity index (χ0) is 18.2. The minimum absolute atomic E-state index is 0.142. The molecule has 1 aromatic carbocycles. The molecule has 25 heavy (non-hydrogen) atoms. The van der Waals surface area contributed by atoms with Crippen molar-refractivity contribution in [3.05, 3.63) is 47.5 Å². The summed E-state index contributed by atoms with van der Waals surface area (Å²) >= 11 is 0. The molecule has 2 aromatic rings. The van der Waals surface area contributed by atoms with Crippen molar-refractivity contribution < 1.29 is 13.5 Å². The van der Waals surface area contributed by atoms with Crippen LogP contribution in [0.1, 0.15) is 30.4 Å². The molecule has 0 aliphatic heterocycles. The first-order valence-corrected chi connectivity index (χ1v) is 8.01. The number of alkyl halides is 2. The highest BCUT2D eigenvalue weighted by atomic mass is 19.3. The van der Waals surface area contributed by atoms with Gasteiger partial charge in [-0.1, -0.05) is 12.1 Å². The van der Waals surface area contributed by atoms with E-state index in [0.717, 1.165) is 21.4 Å². The molecule has 0 aliphatic carbocycles. The molecule has 0 amide bonds. The van der Waals surface area contributed by atoms with Gasteiger partial charge in [0.05, 0.1) is 13.2 Å². The van der Waals surface area contributed by atoms with Crippen molar-refractivity contribution in [1.82, 2.24) is 20.2 Å². The number of aryl methyl sites for hydroxylation is 1. The summed E-state index contributed by atoms with van der Waals surface area (Å²) in [7, 11) is 1.62. The number of hydrogen-bond acceptors (Lipinski definition) is 3. The van der Waals surface area contributed by atoms with Gasteiger partial charge < -0.3 is 15.4 Å². The molecular formula is C17H23F2N5O. The zero-order valence-corrected chi connectivity index (χ0v) is 14.6. The number of benzene rings is 1. The van der Waals surface area contributed by atoms with Gasteiger partial charge in [0, 0.05) is 31.5 Å². The second kappa shape index (κ2) is 9.00. The summed E-state index contributed by atoms with van der Waals surface area (Å²) in [6.45, 7) is 2.55. The van der Waals surface area contributed by atoms with Crippen molar-refractivity contribution in [3.8, 4) is 5.75 Å². The van der Waals surface area contributed by atoms with Crippen molar-refractivity contribution in [2.45, 2.75) is 33.5 Å². The molecule has 8 heteroatoms. The molecule has 2 N–H and O–H groups in total. The van der Waals surface area contributed by atoms with E-state index < -0.39 is 6.55 Å². The van der Waals surface area contributed by atoms with Crippen LogP contribution in [0.15, 0.2) is 35.6 Å². The lowest BCUT2D eigenvalue weighted by atomic mass is 10.1. The van der Waals surface area contributed by atoms with Crippen molar-refractivity contribution in [2.75, 3.05) is 13.7 Å². The topological polar surface area (TPSA) is 63.5 Å². The lowest BCUT2D eigenvalue weighted by Crippen LogP contribution is -2.37. The second-order valence-corrected chi connectivity index (χ2v) is 5.35. The zero-order valence-electron chi connectivity index (χ0n) is 14.6. The number of hydrogen-bond donors (Lipinski definition) is 2. The summed E-state index contributed by atoms with van der Waals surface area (Å²) in [4.78, 5) is 8.03. The maximum absolute atomic E-state index is 12.8. The average molecular weight is 351 g/mol. The van der Waals surface area contributed by atoms with E-state index in [1.807, 2.05) is 32.0 Å². The van der Waals surface area contributed by atoms with Crippen molar-refractivity contribution in [3.63, 3.8) is 0 Å². The van der Waals surface area contributed by atoms with Crippen molar-refractivity contribution in [2.24, 2.45) is 4.99 Å². The van der Waals surface area contributed by atoms with E-state index in [9.17, 15) is 8.78 Å². The van der Waals surface area contributed by atoms with Gasteiger partial charge in [-0.3, -0.25) is 9.56 Å². The van der Waals surface area contributed by atoms with Gasteiger partial charge in [-0.05, 0) is 25.5 Å². The molecule has 0 saturated carbocycles. The largest absolute Gasteiger partial charge is 0.494 e. The highest BCUT2D eigenvalue weighted by Crippen LogP contribution is 2.20. The van der Waals surface area contributed by atoms with E-state index in [1.165, 1.54) is 12.4 Å². The van der Waals surface area contributed by atoms with Crippen LogP contribution in [0.2, 0.25) is 0 Å². The molecule has 1 aromatic heterocycles. The molecule has 0 fully saturated rings. The van der Waals surface area contributed by atoms with Crippen molar-refractivity contribution in [1.29, 1.82) is 0 Å². The predicted molar refractivity (Wildman–Crippen MR) is 92.9 cm³/mol. The third-order valence-electron chi connectivity index (χ3n) is 3.57. The fourth-order valence-corrected chi connectivity index (χ4v) is 2.32. The number of ether oxygens (including phenoxy) is 1. The lowest BCUT2D eigenvalue weighted by molar-refractivity contribution is 0.0668. The van der Waals surface area contributed by atoms with E-state index in [0.29, 0.717) is 19.1 Å². The third-order valence-corrected chi connectivity index (χ3v) is 3.57. The number of guanidine groups is 1. The van der Waals surface area contributed by atoms with Gasteiger partial charge in [0.15, 0.2) is 5.96 Å². The second-order valence-electron chi connectivity index (χ2n) is 5.35. The SMILES string of the molecule is CCOc1cc(C)ccc1CNC(=NC)NCc1nccn1C(F)F. The molecule has 0 bridgehead atoms. The Bertz CT molecular complexity index is 715. The van der Waals surface area contributed by atoms with Gasteiger partial charge in [-0.25, -0.2) is 4.98 Å². The van der Waals surface area contributed by atoms with Crippen LogP contribution in [0.5, 0.6) is 5.75 Å². The van der Waals surface area contributed by atoms with Crippen LogP contribution in [0.4, 0.5) is 8.78 Å². The molecule has 0 saturated heterocycles. The molecule has 1 heterocycles. The standard InChI is InChI=1S/C17H23F2N5O/c1-4-25-14-9-12(2)5-6-13(14)10-22-17(20-3)23-11-15-21-7-8-24(15)16(18)19/h5-9,16H,4,10-11H2,1-3H3,(H2,20,22,23). The number of aliphatic imine (C=N–C) groups is 1. The number of nitrogens with one attached hydrogen (secondary N) is 2. The molecule has 0 spiro atoms. The van der Waals surface area contributed by atoms with Crippen LogP contribution in [-0.2, 0) is 13.1 Å². The van der Waals surface area contributed by atoms with Crippen LogP contribution < -0.4 is 15.4 Å². The quantitative estimate of drug-likeness (QED) is 0.595. The molecule has 0 radical (unpaired) electrons. The van der Waals surface area contributed by atoms with Crippen molar-refractivity contribution >= 4 is 5.96 Å². The Kier molecular flexibility index (Phi) is 6.73. The van der Waals surface area contributed by atoms with Gasteiger partial charge in [-0.2, -0.15) is 8.78 Å². The van der Waals surface area contributed by atoms with E-state index in [-0.39, 0.29) is 12.4 Å². The van der Waals surface area contributed by atoms with Crippen LogP contribution >= 0.6 is 0 Å². The molecule has 136 valence electrons. The summed E-state index contributed by atoms with van der Waals surface area (Å²) in [5.41, 5.74) is 2.11. The summed E-state index contributed by atoms with van der Waals surface area (Å²) in [6, 6.07) is 5.98. The minimum atomic E-state index is -2.62. The van der Waals surface area contributed by atoms with E-state index >= 15 is 0 Å². The predicted octanol–water partition coefficient (Wildman–Crippen LogP) is 2.85. The third kappa shape index (κ3) is 5.17. The minimum Gasteiger partial charge on any atom is -0.494 e. The Morgan fingerprint density at radius 1 is 1.32 bits per heavy atom. The van der Waals surface area contributed by atoms with Gasteiger partial charge in [0.1, 0.15) is 11.6 Å². The molecule has 6 nitrogen and oxygen atoms in total. The Morgan fingerprint density at radius 3 is 2.76 bits per heavy atom. The highest BCUT2D eigenvalue weighted by Gasteiger charge is 2.12. The maximum atomic E-state index is 12.8. The summed E-state index contributed by atoms with van der Waals surface area (Å²) < 4.78 is 32.1. The van der Waals surface area contributed by atoms with Crippen LogP contribution in [0.25, 0.3) is 0 Å². The molecular weight excluding hydrogens is 328 g/mol. The molecule has 0 atom stereocenters. The molecule has 2 rings (SSSR count).